The summed E-state index contributed by atoms with van der Waals surface area (Å²) in [5.74, 6) is -1.46. The van der Waals surface area contributed by atoms with Gasteiger partial charge in [-0.1, -0.05) is 19.1 Å². The first-order chi connectivity index (χ1) is 10.0. The van der Waals surface area contributed by atoms with Gasteiger partial charge in [0.15, 0.2) is 11.6 Å². The van der Waals surface area contributed by atoms with Crippen LogP contribution >= 0.6 is 11.8 Å². The highest BCUT2D eigenvalue weighted by Crippen LogP contribution is 2.33. The highest BCUT2D eigenvalue weighted by atomic mass is 32.2. The second kappa shape index (κ2) is 6.58. The average molecular weight is 308 g/mol. The first-order valence-electron chi connectivity index (χ1n) is 6.26. The summed E-state index contributed by atoms with van der Waals surface area (Å²) in [5, 5.41) is 7.67. The number of ether oxygens (including phenoxy) is 1. The summed E-state index contributed by atoms with van der Waals surface area (Å²) in [6.07, 6.45) is 0. The third-order valence-electron chi connectivity index (χ3n) is 2.69. The molecule has 0 saturated heterocycles. The van der Waals surface area contributed by atoms with Crippen molar-refractivity contribution in [1.29, 1.82) is 5.41 Å². The van der Waals surface area contributed by atoms with Crippen LogP contribution in [0.25, 0.3) is 0 Å². The molecule has 0 bridgehead atoms. The van der Waals surface area contributed by atoms with Crippen LogP contribution in [0.2, 0.25) is 0 Å². The van der Waals surface area contributed by atoms with Crippen LogP contribution in [0, 0.1) is 17.0 Å². The molecule has 0 aliphatic heterocycles. The second-order valence-electron chi connectivity index (χ2n) is 4.13. The average Bonchev–Trinajstić information content (AvgIpc) is 2.44. The summed E-state index contributed by atoms with van der Waals surface area (Å²) < 4.78 is 32.3. The fourth-order valence-corrected chi connectivity index (χ4v) is 2.66. The lowest BCUT2D eigenvalue weighted by Gasteiger charge is -2.14. The number of nitrogens with one attached hydrogen (secondary N) is 1. The SMILES string of the molecule is CCSc1cccc(Oc2cccc(F)c2F)c1C(=N)N. The largest absolute Gasteiger partial charge is 0.453 e. The van der Waals surface area contributed by atoms with Gasteiger partial charge >= 0.3 is 0 Å². The molecule has 21 heavy (non-hydrogen) atoms. The highest BCUT2D eigenvalue weighted by molar-refractivity contribution is 7.99. The predicted molar refractivity (Wildman–Crippen MR) is 80.3 cm³/mol. The molecular formula is C15H14F2N2OS. The van der Waals surface area contributed by atoms with Gasteiger partial charge in [0.25, 0.3) is 0 Å². The molecule has 0 atom stereocenters. The van der Waals surface area contributed by atoms with Gasteiger partial charge in [0.2, 0.25) is 5.82 Å². The minimum absolute atomic E-state index is 0.182. The molecule has 0 fully saturated rings. The maximum Gasteiger partial charge on any atom is 0.201 e. The molecule has 0 aliphatic rings. The van der Waals surface area contributed by atoms with Gasteiger partial charge in [0.1, 0.15) is 11.6 Å². The molecule has 3 N–H and O–H groups in total. The lowest BCUT2D eigenvalue weighted by molar-refractivity contribution is 0.415. The molecule has 0 amide bonds. The maximum absolute atomic E-state index is 13.7. The van der Waals surface area contributed by atoms with Gasteiger partial charge in [-0.05, 0) is 30.0 Å². The summed E-state index contributed by atoms with van der Waals surface area (Å²) in [6, 6.07) is 8.78. The monoisotopic (exact) mass is 308 g/mol. The van der Waals surface area contributed by atoms with Crippen molar-refractivity contribution in [3.05, 3.63) is 53.6 Å². The van der Waals surface area contributed by atoms with E-state index in [9.17, 15) is 8.78 Å². The molecule has 110 valence electrons. The van der Waals surface area contributed by atoms with Crippen LogP contribution in [-0.4, -0.2) is 11.6 Å². The van der Waals surface area contributed by atoms with Crippen LogP contribution in [0.1, 0.15) is 12.5 Å². The van der Waals surface area contributed by atoms with Crippen LogP contribution in [-0.2, 0) is 0 Å². The number of nitrogen functional groups attached to an aromatic ring is 1. The Kier molecular flexibility index (Phi) is 4.80. The van der Waals surface area contributed by atoms with Crippen molar-refractivity contribution in [3.63, 3.8) is 0 Å². The Bertz CT molecular complexity index is 677. The molecule has 0 unspecified atom stereocenters. The zero-order chi connectivity index (χ0) is 15.4. The third kappa shape index (κ3) is 3.33. The molecule has 6 heteroatoms. The van der Waals surface area contributed by atoms with Gasteiger partial charge in [0.05, 0.1) is 5.56 Å². The highest BCUT2D eigenvalue weighted by Gasteiger charge is 2.16. The van der Waals surface area contributed by atoms with E-state index in [1.807, 2.05) is 6.92 Å². The number of nitrogens with two attached hydrogens (primary N) is 1. The van der Waals surface area contributed by atoms with Gasteiger partial charge in [0, 0.05) is 4.90 Å². The molecule has 0 radical (unpaired) electrons. The Balaban J connectivity index is 2.46. The summed E-state index contributed by atoms with van der Waals surface area (Å²) in [6.45, 7) is 1.97. The van der Waals surface area contributed by atoms with E-state index in [2.05, 4.69) is 0 Å². The number of hydrogen-bond donors (Lipinski definition) is 2. The number of halogens is 2. The molecular weight excluding hydrogens is 294 g/mol. The zero-order valence-electron chi connectivity index (χ0n) is 11.3. The minimum Gasteiger partial charge on any atom is -0.453 e. The Morgan fingerprint density at radius 2 is 1.86 bits per heavy atom. The van der Waals surface area contributed by atoms with E-state index in [0.29, 0.717) is 5.56 Å². The first kappa shape index (κ1) is 15.3. The van der Waals surface area contributed by atoms with Crippen LogP contribution < -0.4 is 10.5 Å². The van der Waals surface area contributed by atoms with Gasteiger partial charge in [-0.25, -0.2) is 4.39 Å². The fourth-order valence-electron chi connectivity index (χ4n) is 1.82. The molecule has 0 aromatic heterocycles. The summed E-state index contributed by atoms with van der Waals surface area (Å²) in [7, 11) is 0. The molecule has 0 heterocycles. The molecule has 0 saturated carbocycles. The quantitative estimate of drug-likeness (QED) is 0.495. The van der Waals surface area contributed by atoms with E-state index >= 15 is 0 Å². The van der Waals surface area contributed by atoms with Crippen LogP contribution in [0.5, 0.6) is 11.5 Å². The van der Waals surface area contributed by atoms with E-state index in [1.54, 1.807) is 18.2 Å². The first-order valence-corrected chi connectivity index (χ1v) is 7.25. The van der Waals surface area contributed by atoms with Crippen molar-refractivity contribution in [2.24, 2.45) is 5.73 Å². The van der Waals surface area contributed by atoms with E-state index in [1.165, 1.54) is 23.9 Å². The van der Waals surface area contributed by atoms with Gasteiger partial charge in [-0.15, -0.1) is 11.8 Å². The molecule has 2 rings (SSSR count). The van der Waals surface area contributed by atoms with Crippen molar-refractivity contribution < 1.29 is 13.5 Å². The van der Waals surface area contributed by atoms with Crippen molar-refractivity contribution in [3.8, 4) is 11.5 Å². The molecule has 2 aromatic rings. The number of amidine groups is 1. The standard InChI is InChI=1S/C15H14F2N2OS/c1-2-21-12-8-4-6-10(13(12)15(18)19)20-11-7-3-5-9(16)14(11)17/h3-8H,2H2,1H3,(H3,18,19). The molecule has 3 nitrogen and oxygen atoms in total. The minimum atomic E-state index is -1.07. The number of hydrogen-bond acceptors (Lipinski definition) is 3. The number of rotatable bonds is 5. The van der Waals surface area contributed by atoms with Crippen molar-refractivity contribution in [2.45, 2.75) is 11.8 Å². The number of benzene rings is 2. The Morgan fingerprint density at radius 1 is 1.19 bits per heavy atom. The van der Waals surface area contributed by atoms with E-state index < -0.39 is 11.6 Å². The molecule has 0 spiro atoms. The maximum atomic E-state index is 13.7. The van der Waals surface area contributed by atoms with Crippen molar-refractivity contribution in [2.75, 3.05) is 5.75 Å². The Morgan fingerprint density at radius 3 is 2.52 bits per heavy atom. The van der Waals surface area contributed by atoms with E-state index in [4.69, 9.17) is 15.9 Å². The van der Waals surface area contributed by atoms with Crippen molar-refractivity contribution >= 4 is 17.6 Å². The van der Waals surface area contributed by atoms with Crippen molar-refractivity contribution in [1.82, 2.24) is 0 Å². The Hall–Kier alpha value is -2.08. The lowest BCUT2D eigenvalue weighted by atomic mass is 10.2. The molecule has 0 aliphatic carbocycles. The molecule has 2 aromatic carbocycles. The Labute approximate surface area is 125 Å². The summed E-state index contributed by atoms with van der Waals surface area (Å²) in [4.78, 5) is 0.763. The second-order valence-corrected chi connectivity index (χ2v) is 5.44. The predicted octanol–water partition coefficient (Wildman–Crippen LogP) is 4.15. The normalized spacial score (nSPS) is 10.4. The van der Waals surface area contributed by atoms with Gasteiger partial charge in [-0.3, -0.25) is 5.41 Å². The van der Waals surface area contributed by atoms with Crippen LogP contribution in [0.15, 0.2) is 41.3 Å². The van der Waals surface area contributed by atoms with Gasteiger partial charge < -0.3 is 10.5 Å². The topological polar surface area (TPSA) is 59.1 Å². The number of thioether (sulfide) groups is 1. The summed E-state index contributed by atoms with van der Waals surface area (Å²) >= 11 is 1.49. The third-order valence-corrected chi connectivity index (χ3v) is 3.63. The lowest BCUT2D eigenvalue weighted by Crippen LogP contribution is -2.14. The van der Waals surface area contributed by atoms with E-state index in [-0.39, 0.29) is 17.3 Å². The van der Waals surface area contributed by atoms with Crippen LogP contribution in [0.3, 0.4) is 0 Å². The smallest absolute Gasteiger partial charge is 0.201 e. The zero-order valence-corrected chi connectivity index (χ0v) is 12.1. The van der Waals surface area contributed by atoms with E-state index in [0.717, 1.165) is 16.7 Å². The fraction of sp³-hybridized carbons (Fsp3) is 0.133. The van der Waals surface area contributed by atoms with Crippen LogP contribution in [0.4, 0.5) is 8.78 Å². The summed E-state index contributed by atoms with van der Waals surface area (Å²) in [5.41, 5.74) is 5.97. The van der Waals surface area contributed by atoms with Gasteiger partial charge in [-0.2, -0.15) is 4.39 Å².